The molecule has 7 heteroatoms. The van der Waals surface area contributed by atoms with Crippen LogP contribution in [-0.2, 0) is 17.6 Å². The number of methoxy groups -OCH3 is 1. The SMILES string of the molecule is COc1cccc(CCCN2CCN(C(=O)Cc3noc(C)n3)CC2)c1. The summed E-state index contributed by atoms with van der Waals surface area (Å²) in [4.78, 5) is 20.7. The van der Waals surface area contributed by atoms with Gasteiger partial charge in [0.25, 0.3) is 0 Å². The van der Waals surface area contributed by atoms with E-state index in [4.69, 9.17) is 9.26 Å². The Labute approximate surface area is 153 Å². The van der Waals surface area contributed by atoms with Gasteiger partial charge in [0.2, 0.25) is 11.8 Å². The number of rotatable bonds is 7. The first-order valence-electron chi connectivity index (χ1n) is 9.06. The molecule has 1 aromatic carbocycles. The fourth-order valence-electron chi connectivity index (χ4n) is 3.22. The maximum absolute atomic E-state index is 12.3. The first kappa shape index (κ1) is 18.4. The second-order valence-corrected chi connectivity index (χ2v) is 6.58. The molecule has 3 rings (SSSR count). The van der Waals surface area contributed by atoms with Gasteiger partial charge in [0.05, 0.1) is 13.5 Å². The molecule has 1 saturated heterocycles. The molecule has 1 aromatic heterocycles. The van der Waals surface area contributed by atoms with Crippen LogP contribution in [0.3, 0.4) is 0 Å². The molecular formula is C19H26N4O3. The summed E-state index contributed by atoms with van der Waals surface area (Å²) < 4.78 is 10.2. The molecule has 1 aliphatic rings. The highest BCUT2D eigenvalue weighted by molar-refractivity contribution is 5.78. The van der Waals surface area contributed by atoms with Crippen molar-refractivity contribution in [1.82, 2.24) is 19.9 Å². The van der Waals surface area contributed by atoms with Crippen LogP contribution in [0, 0.1) is 6.92 Å². The molecule has 1 fully saturated rings. The molecule has 7 nitrogen and oxygen atoms in total. The van der Waals surface area contributed by atoms with Crippen LogP contribution >= 0.6 is 0 Å². The van der Waals surface area contributed by atoms with Crippen molar-refractivity contribution < 1.29 is 14.1 Å². The van der Waals surface area contributed by atoms with Gasteiger partial charge in [-0.25, -0.2) is 0 Å². The average molecular weight is 358 g/mol. The largest absolute Gasteiger partial charge is 0.497 e. The van der Waals surface area contributed by atoms with E-state index in [9.17, 15) is 4.79 Å². The number of hydrogen-bond acceptors (Lipinski definition) is 6. The van der Waals surface area contributed by atoms with Gasteiger partial charge in [-0.3, -0.25) is 9.69 Å². The molecule has 0 bridgehead atoms. The Morgan fingerprint density at radius 3 is 2.77 bits per heavy atom. The number of carbonyl (C=O) groups excluding carboxylic acids is 1. The van der Waals surface area contributed by atoms with Crippen molar-refractivity contribution in [2.24, 2.45) is 0 Å². The van der Waals surface area contributed by atoms with Gasteiger partial charge in [-0.2, -0.15) is 4.98 Å². The maximum atomic E-state index is 12.3. The molecule has 1 aliphatic heterocycles. The lowest BCUT2D eigenvalue weighted by molar-refractivity contribution is -0.132. The standard InChI is InChI=1S/C19H26N4O3/c1-15-20-18(21-26-15)14-19(24)23-11-9-22(10-12-23)8-4-6-16-5-3-7-17(13-16)25-2/h3,5,7,13H,4,6,8-12,14H2,1-2H3. The molecule has 1 amide bonds. The first-order chi connectivity index (χ1) is 12.6. The fraction of sp³-hybridized carbons (Fsp3) is 0.526. The zero-order valence-electron chi connectivity index (χ0n) is 15.5. The molecule has 0 saturated carbocycles. The van der Waals surface area contributed by atoms with Gasteiger partial charge in [0, 0.05) is 33.1 Å². The van der Waals surface area contributed by atoms with Crippen molar-refractivity contribution in [3.63, 3.8) is 0 Å². The zero-order chi connectivity index (χ0) is 18.4. The third kappa shape index (κ3) is 5.05. The highest BCUT2D eigenvalue weighted by atomic mass is 16.5. The summed E-state index contributed by atoms with van der Waals surface area (Å²) in [7, 11) is 1.69. The predicted octanol–water partition coefficient (Wildman–Crippen LogP) is 1.71. The number of piperazine rings is 1. The minimum atomic E-state index is 0.0711. The Kier molecular flexibility index (Phi) is 6.22. The van der Waals surface area contributed by atoms with Gasteiger partial charge in [-0.05, 0) is 37.1 Å². The number of ether oxygens (including phenoxy) is 1. The van der Waals surface area contributed by atoms with Crippen molar-refractivity contribution in [2.75, 3.05) is 39.8 Å². The van der Waals surface area contributed by atoms with E-state index in [0.29, 0.717) is 11.7 Å². The lowest BCUT2D eigenvalue weighted by atomic mass is 10.1. The van der Waals surface area contributed by atoms with Crippen molar-refractivity contribution in [3.05, 3.63) is 41.5 Å². The minimum absolute atomic E-state index is 0.0711. The Morgan fingerprint density at radius 1 is 1.27 bits per heavy atom. The molecule has 0 aliphatic carbocycles. The topological polar surface area (TPSA) is 71.7 Å². The Bertz CT molecular complexity index is 723. The molecular weight excluding hydrogens is 332 g/mol. The third-order valence-corrected chi connectivity index (χ3v) is 4.68. The summed E-state index contributed by atoms with van der Waals surface area (Å²) in [6.45, 7) is 6.11. The quantitative estimate of drug-likeness (QED) is 0.750. The molecule has 0 N–H and O–H groups in total. The van der Waals surface area contributed by atoms with Crippen LogP contribution in [0.25, 0.3) is 0 Å². The first-order valence-corrected chi connectivity index (χ1v) is 9.06. The summed E-state index contributed by atoms with van der Waals surface area (Å²) >= 11 is 0. The van der Waals surface area contributed by atoms with E-state index in [1.165, 1.54) is 5.56 Å². The van der Waals surface area contributed by atoms with Gasteiger partial charge in [0.1, 0.15) is 5.75 Å². The Morgan fingerprint density at radius 2 is 2.08 bits per heavy atom. The summed E-state index contributed by atoms with van der Waals surface area (Å²) in [5.41, 5.74) is 1.30. The summed E-state index contributed by atoms with van der Waals surface area (Å²) in [5, 5.41) is 3.79. The van der Waals surface area contributed by atoms with Crippen molar-refractivity contribution >= 4 is 5.91 Å². The molecule has 0 spiro atoms. The van der Waals surface area contributed by atoms with Crippen molar-refractivity contribution in [2.45, 2.75) is 26.2 Å². The Balaban J connectivity index is 1.37. The number of aromatic nitrogens is 2. The number of benzene rings is 1. The number of carbonyl (C=O) groups is 1. The molecule has 0 radical (unpaired) electrons. The van der Waals surface area contributed by atoms with Gasteiger partial charge in [0.15, 0.2) is 5.82 Å². The maximum Gasteiger partial charge on any atom is 0.230 e. The van der Waals surface area contributed by atoms with Gasteiger partial charge in [-0.15, -0.1) is 0 Å². The average Bonchev–Trinajstić information content (AvgIpc) is 3.07. The molecule has 26 heavy (non-hydrogen) atoms. The van der Waals surface area contributed by atoms with Crippen LogP contribution in [0.15, 0.2) is 28.8 Å². The van der Waals surface area contributed by atoms with E-state index in [-0.39, 0.29) is 12.3 Å². The van der Waals surface area contributed by atoms with Crippen LogP contribution in [0.2, 0.25) is 0 Å². The monoisotopic (exact) mass is 358 g/mol. The van der Waals surface area contributed by atoms with Crippen molar-refractivity contribution in [1.29, 1.82) is 0 Å². The van der Waals surface area contributed by atoms with E-state index < -0.39 is 0 Å². The predicted molar refractivity (Wildman–Crippen MR) is 97.1 cm³/mol. The van der Waals surface area contributed by atoms with Crippen LogP contribution in [0.1, 0.15) is 23.7 Å². The molecule has 140 valence electrons. The minimum Gasteiger partial charge on any atom is -0.497 e. The molecule has 2 heterocycles. The molecule has 0 atom stereocenters. The van der Waals surface area contributed by atoms with E-state index in [0.717, 1.165) is 51.3 Å². The van der Waals surface area contributed by atoms with Crippen LogP contribution in [0.5, 0.6) is 5.75 Å². The normalized spacial score (nSPS) is 15.2. The van der Waals surface area contributed by atoms with Crippen LogP contribution in [-0.4, -0.2) is 65.7 Å². The Hall–Kier alpha value is -2.41. The van der Waals surface area contributed by atoms with Crippen LogP contribution < -0.4 is 4.74 Å². The number of amides is 1. The molecule has 0 unspecified atom stereocenters. The number of hydrogen-bond donors (Lipinski definition) is 0. The summed E-state index contributed by atoms with van der Waals surface area (Å²) in [6, 6.07) is 8.23. The third-order valence-electron chi connectivity index (χ3n) is 4.68. The lowest BCUT2D eigenvalue weighted by Gasteiger charge is -2.34. The van der Waals surface area contributed by atoms with E-state index in [1.807, 2.05) is 17.0 Å². The fourth-order valence-corrected chi connectivity index (χ4v) is 3.22. The van der Waals surface area contributed by atoms with E-state index in [2.05, 4.69) is 27.2 Å². The second kappa shape index (κ2) is 8.80. The van der Waals surface area contributed by atoms with Gasteiger partial charge < -0.3 is 14.2 Å². The van der Waals surface area contributed by atoms with E-state index >= 15 is 0 Å². The summed E-state index contributed by atoms with van der Waals surface area (Å²) in [6.07, 6.45) is 2.35. The number of aryl methyl sites for hydroxylation is 2. The highest BCUT2D eigenvalue weighted by Crippen LogP contribution is 2.14. The van der Waals surface area contributed by atoms with Crippen molar-refractivity contribution in [3.8, 4) is 5.75 Å². The van der Waals surface area contributed by atoms with Gasteiger partial charge in [-0.1, -0.05) is 17.3 Å². The second-order valence-electron chi connectivity index (χ2n) is 6.58. The van der Waals surface area contributed by atoms with Crippen LogP contribution in [0.4, 0.5) is 0 Å². The molecule has 2 aromatic rings. The smallest absolute Gasteiger partial charge is 0.230 e. The highest BCUT2D eigenvalue weighted by Gasteiger charge is 2.22. The van der Waals surface area contributed by atoms with Gasteiger partial charge >= 0.3 is 0 Å². The summed E-state index contributed by atoms with van der Waals surface area (Å²) in [5.74, 6) is 1.94. The zero-order valence-corrected chi connectivity index (χ0v) is 15.5. The van der Waals surface area contributed by atoms with E-state index in [1.54, 1.807) is 14.0 Å². The number of nitrogens with zero attached hydrogens (tertiary/aromatic N) is 4. The lowest BCUT2D eigenvalue weighted by Crippen LogP contribution is -2.49.